The lowest BCUT2D eigenvalue weighted by Gasteiger charge is -2.27. The predicted octanol–water partition coefficient (Wildman–Crippen LogP) is 0.676. The van der Waals surface area contributed by atoms with Crippen molar-refractivity contribution in [3.8, 4) is 0 Å². The van der Waals surface area contributed by atoms with Crippen molar-refractivity contribution < 1.29 is 13.2 Å². The molecule has 3 aliphatic rings. The Morgan fingerprint density at radius 3 is 2.65 bits per heavy atom. The molecule has 6 nitrogen and oxygen atoms in total. The fraction of sp³-hybridized carbons (Fsp3) is 0.462. The molecule has 0 N–H and O–H groups in total. The second-order valence-electron chi connectivity index (χ2n) is 4.97. The molecular weight excluding hydrogens is 278 g/mol. The van der Waals surface area contributed by atoms with E-state index in [9.17, 15) is 13.2 Å². The average Bonchev–Trinajstić information content (AvgIpc) is 2.47. The number of sulfonamides is 1. The van der Waals surface area contributed by atoms with Gasteiger partial charge in [0.2, 0.25) is 10.0 Å². The lowest BCUT2D eigenvalue weighted by atomic mass is 10.1. The van der Waals surface area contributed by atoms with Crippen LogP contribution in [0.25, 0.3) is 0 Å². The number of hydrogen-bond donors (Lipinski definition) is 0. The van der Waals surface area contributed by atoms with E-state index >= 15 is 0 Å². The zero-order chi connectivity index (χ0) is 14.2. The Balaban J connectivity index is 1.88. The third-order valence-corrected chi connectivity index (χ3v) is 5.49. The maximum atomic E-state index is 12.5. The topological polar surface area (TPSA) is 79.2 Å². The number of fused-ring (bicyclic) bond motifs is 1. The van der Waals surface area contributed by atoms with Crippen molar-refractivity contribution in [3.63, 3.8) is 0 Å². The van der Waals surface area contributed by atoms with Gasteiger partial charge in [-0.25, -0.2) is 13.4 Å². The van der Waals surface area contributed by atoms with Crippen LogP contribution in [0.5, 0.6) is 0 Å². The molecule has 1 unspecified atom stereocenters. The molecule has 0 saturated carbocycles. The predicted molar refractivity (Wildman–Crippen MR) is 76.3 cm³/mol. The van der Waals surface area contributed by atoms with Gasteiger partial charge in [0.1, 0.15) is 6.04 Å². The van der Waals surface area contributed by atoms with E-state index in [4.69, 9.17) is 0 Å². The summed E-state index contributed by atoms with van der Waals surface area (Å²) in [5.41, 5.74) is 0.495. The zero-order valence-electron chi connectivity index (χ0n) is 10.9. The van der Waals surface area contributed by atoms with Gasteiger partial charge in [-0.15, -0.1) is 0 Å². The lowest BCUT2D eigenvalue weighted by Crippen LogP contribution is -2.37. The summed E-state index contributed by atoms with van der Waals surface area (Å²) < 4.78 is 26.6. The molecular formula is C13H15N3O3S. The second-order valence-corrected chi connectivity index (χ2v) is 6.90. The van der Waals surface area contributed by atoms with Crippen molar-refractivity contribution in [1.82, 2.24) is 4.31 Å². The molecule has 1 atom stereocenters. The van der Waals surface area contributed by atoms with E-state index in [1.54, 1.807) is 12.2 Å². The quantitative estimate of drug-likeness (QED) is 0.751. The van der Waals surface area contributed by atoms with Crippen LogP contribution in [0.2, 0.25) is 0 Å². The minimum atomic E-state index is -3.46. The molecule has 1 saturated heterocycles. The lowest BCUT2D eigenvalue weighted by molar-refractivity contribution is -0.111. The van der Waals surface area contributed by atoms with Gasteiger partial charge in [-0.3, -0.25) is 9.79 Å². The minimum Gasteiger partial charge on any atom is -0.273 e. The number of carbonyl (C=O) groups excluding carboxylic acids is 1. The fourth-order valence-corrected chi connectivity index (χ4v) is 4.09. The molecule has 0 radical (unpaired) electrons. The summed E-state index contributed by atoms with van der Waals surface area (Å²) in [6, 6.07) is -0.465. The Bertz CT molecular complexity index is 652. The van der Waals surface area contributed by atoms with Gasteiger partial charge in [-0.2, -0.15) is 4.31 Å². The van der Waals surface area contributed by atoms with E-state index in [0.717, 1.165) is 25.5 Å². The summed E-state index contributed by atoms with van der Waals surface area (Å²) in [7, 11) is -3.46. The summed E-state index contributed by atoms with van der Waals surface area (Å²) in [5.74, 6) is -0.406. The van der Waals surface area contributed by atoms with Gasteiger partial charge in [0.15, 0.2) is 0 Å². The smallest absolute Gasteiger partial charge is 0.273 e. The molecule has 1 fully saturated rings. The molecule has 1 aliphatic carbocycles. The van der Waals surface area contributed by atoms with Gasteiger partial charge in [-0.05, 0) is 31.1 Å². The van der Waals surface area contributed by atoms with Crippen LogP contribution in [0.4, 0.5) is 0 Å². The molecule has 3 rings (SSSR count). The van der Waals surface area contributed by atoms with Crippen molar-refractivity contribution in [2.75, 3.05) is 13.1 Å². The molecule has 20 heavy (non-hydrogen) atoms. The third-order valence-electron chi connectivity index (χ3n) is 3.58. The molecule has 2 aliphatic heterocycles. The molecule has 0 spiro atoms. The van der Waals surface area contributed by atoms with Crippen molar-refractivity contribution >= 4 is 27.9 Å². The largest absolute Gasteiger partial charge is 0.288 e. The van der Waals surface area contributed by atoms with Crippen LogP contribution >= 0.6 is 0 Å². The van der Waals surface area contributed by atoms with Gasteiger partial charge in [-0.1, -0.05) is 6.42 Å². The highest BCUT2D eigenvalue weighted by molar-refractivity contribution is 7.93. The Morgan fingerprint density at radius 1 is 1.15 bits per heavy atom. The van der Waals surface area contributed by atoms with Crippen molar-refractivity contribution in [2.24, 2.45) is 9.98 Å². The standard InChI is InChI=1S/C13H15N3O3S/c17-13-9-14-12-8-10(4-5-11(12)15-13)20(18,19)16-6-2-1-3-7-16/h4-5,8-9,12H,1-3,6-7H2. The van der Waals surface area contributed by atoms with Crippen molar-refractivity contribution in [2.45, 2.75) is 25.3 Å². The van der Waals surface area contributed by atoms with Crippen LogP contribution in [0.1, 0.15) is 19.3 Å². The van der Waals surface area contributed by atoms with Gasteiger partial charge in [0.25, 0.3) is 5.91 Å². The van der Waals surface area contributed by atoms with E-state index in [-0.39, 0.29) is 4.91 Å². The number of rotatable bonds is 2. The Hall–Kier alpha value is -1.60. The summed E-state index contributed by atoms with van der Waals surface area (Å²) in [5, 5.41) is 0. The van der Waals surface area contributed by atoms with Crippen LogP contribution in [0.3, 0.4) is 0 Å². The number of nitrogens with zero attached hydrogens (tertiary/aromatic N) is 3. The highest BCUT2D eigenvalue weighted by Crippen LogP contribution is 2.24. The fourth-order valence-electron chi connectivity index (χ4n) is 2.51. The van der Waals surface area contributed by atoms with Crippen LogP contribution < -0.4 is 0 Å². The number of piperidine rings is 1. The van der Waals surface area contributed by atoms with E-state index < -0.39 is 22.0 Å². The highest BCUT2D eigenvalue weighted by Gasteiger charge is 2.30. The molecule has 1 amide bonds. The zero-order valence-corrected chi connectivity index (χ0v) is 11.7. The van der Waals surface area contributed by atoms with Gasteiger partial charge >= 0.3 is 0 Å². The highest BCUT2D eigenvalue weighted by atomic mass is 32.2. The summed E-state index contributed by atoms with van der Waals surface area (Å²) in [4.78, 5) is 19.2. The molecule has 0 aromatic heterocycles. The third kappa shape index (κ3) is 2.38. The van der Waals surface area contributed by atoms with Gasteiger partial charge < -0.3 is 0 Å². The SMILES string of the molecule is O=C1C=NC2C=C(S(=O)(=O)N3CCCCC3)C=CC2=N1. The summed E-state index contributed by atoms with van der Waals surface area (Å²) in [6.45, 7) is 1.14. The van der Waals surface area contributed by atoms with E-state index in [1.807, 2.05) is 0 Å². The van der Waals surface area contributed by atoms with Gasteiger partial charge in [0.05, 0.1) is 16.8 Å². The Morgan fingerprint density at radius 2 is 1.90 bits per heavy atom. The molecule has 0 aromatic carbocycles. The monoisotopic (exact) mass is 293 g/mol. The van der Waals surface area contributed by atoms with Crippen LogP contribution in [-0.2, 0) is 14.8 Å². The summed E-state index contributed by atoms with van der Waals surface area (Å²) in [6.07, 6.45) is 8.65. The first-order valence-electron chi connectivity index (χ1n) is 6.63. The first kappa shape index (κ1) is 13.4. The molecule has 7 heteroatoms. The molecule has 2 heterocycles. The number of amides is 1. The van der Waals surface area contributed by atoms with Crippen molar-refractivity contribution in [3.05, 3.63) is 23.1 Å². The number of allylic oxidation sites excluding steroid dienone is 1. The van der Waals surface area contributed by atoms with E-state index in [1.165, 1.54) is 10.4 Å². The number of carbonyl (C=O) groups is 1. The first-order valence-corrected chi connectivity index (χ1v) is 8.07. The maximum Gasteiger partial charge on any atom is 0.288 e. The molecule has 106 valence electrons. The van der Waals surface area contributed by atoms with Crippen LogP contribution in [0.15, 0.2) is 33.1 Å². The van der Waals surface area contributed by atoms with Crippen LogP contribution in [-0.4, -0.2) is 49.7 Å². The van der Waals surface area contributed by atoms with E-state index in [0.29, 0.717) is 18.8 Å². The Labute approximate surface area is 117 Å². The maximum absolute atomic E-state index is 12.5. The second kappa shape index (κ2) is 5.06. The molecule has 0 bridgehead atoms. The average molecular weight is 293 g/mol. The minimum absolute atomic E-state index is 0.245. The van der Waals surface area contributed by atoms with Crippen LogP contribution in [0, 0.1) is 0 Å². The summed E-state index contributed by atoms with van der Waals surface area (Å²) >= 11 is 0. The molecule has 0 aromatic rings. The number of aliphatic imine (C=N–C) groups is 2. The Kier molecular flexibility index (Phi) is 3.39. The normalized spacial score (nSPS) is 27.0. The van der Waals surface area contributed by atoms with Crippen molar-refractivity contribution in [1.29, 1.82) is 0 Å². The first-order chi connectivity index (χ1) is 9.57. The number of hydrogen-bond acceptors (Lipinski definition) is 4. The van der Waals surface area contributed by atoms with E-state index in [2.05, 4.69) is 9.98 Å². The van der Waals surface area contributed by atoms with Gasteiger partial charge in [0, 0.05) is 13.1 Å².